The third kappa shape index (κ3) is 6.36. The molecule has 0 bridgehead atoms. The third-order valence-electron chi connectivity index (χ3n) is 2.58. The SMILES string of the molecule is CCCNCCCCCOc1ccc(F)c(Br)c1. The van der Waals surface area contributed by atoms with Gasteiger partial charge in [0.25, 0.3) is 0 Å². The molecule has 102 valence electrons. The molecule has 18 heavy (non-hydrogen) atoms. The van der Waals surface area contributed by atoms with Crippen LogP contribution in [0.3, 0.4) is 0 Å². The molecule has 0 saturated heterocycles. The van der Waals surface area contributed by atoms with E-state index in [4.69, 9.17) is 4.74 Å². The van der Waals surface area contributed by atoms with Crippen molar-refractivity contribution in [3.05, 3.63) is 28.5 Å². The van der Waals surface area contributed by atoms with E-state index in [1.165, 1.54) is 18.9 Å². The van der Waals surface area contributed by atoms with Gasteiger partial charge in [0.05, 0.1) is 11.1 Å². The summed E-state index contributed by atoms with van der Waals surface area (Å²) < 4.78 is 19.0. The molecule has 0 amide bonds. The summed E-state index contributed by atoms with van der Waals surface area (Å²) in [6, 6.07) is 4.73. The Balaban J connectivity index is 2.05. The number of halogens is 2. The molecule has 0 fully saturated rings. The highest BCUT2D eigenvalue weighted by Crippen LogP contribution is 2.21. The Kier molecular flexibility index (Phi) is 8.01. The summed E-state index contributed by atoms with van der Waals surface area (Å²) in [4.78, 5) is 0. The molecule has 1 aromatic rings. The first-order valence-corrected chi connectivity index (χ1v) is 7.32. The van der Waals surface area contributed by atoms with Gasteiger partial charge >= 0.3 is 0 Å². The average molecular weight is 318 g/mol. The second-order valence-corrected chi connectivity index (χ2v) is 5.09. The molecule has 0 spiro atoms. The molecule has 1 aromatic carbocycles. The maximum absolute atomic E-state index is 13.0. The van der Waals surface area contributed by atoms with Crippen LogP contribution < -0.4 is 10.1 Å². The molecular weight excluding hydrogens is 297 g/mol. The normalized spacial score (nSPS) is 10.6. The number of hydrogen-bond donors (Lipinski definition) is 1. The quantitative estimate of drug-likeness (QED) is 0.691. The first kappa shape index (κ1) is 15.4. The Labute approximate surface area is 117 Å². The van der Waals surface area contributed by atoms with Crippen molar-refractivity contribution in [3.8, 4) is 5.75 Å². The Morgan fingerprint density at radius 3 is 2.78 bits per heavy atom. The Morgan fingerprint density at radius 2 is 2.06 bits per heavy atom. The van der Waals surface area contributed by atoms with Crippen LogP contribution >= 0.6 is 15.9 Å². The molecule has 1 N–H and O–H groups in total. The van der Waals surface area contributed by atoms with Crippen molar-refractivity contribution < 1.29 is 9.13 Å². The lowest BCUT2D eigenvalue weighted by Crippen LogP contribution is -2.15. The van der Waals surface area contributed by atoms with Gasteiger partial charge in [-0.1, -0.05) is 6.92 Å². The van der Waals surface area contributed by atoms with E-state index < -0.39 is 0 Å². The number of nitrogens with one attached hydrogen (secondary N) is 1. The van der Waals surface area contributed by atoms with Gasteiger partial charge < -0.3 is 10.1 Å². The molecule has 0 heterocycles. The van der Waals surface area contributed by atoms with E-state index >= 15 is 0 Å². The second-order valence-electron chi connectivity index (χ2n) is 4.24. The van der Waals surface area contributed by atoms with Crippen LogP contribution in [0.5, 0.6) is 5.75 Å². The summed E-state index contributed by atoms with van der Waals surface area (Å²) in [5, 5.41) is 3.37. The molecule has 4 heteroatoms. The lowest BCUT2D eigenvalue weighted by atomic mass is 10.2. The van der Waals surface area contributed by atoms with Crippen LogP contribution in [-0.2, 0) is 0 Å². The van der Waals surface area contributed by atoms with E-state index in [9.17, 15) is 4.39 Å². The summed E-state index contributed by atoms with van der Waals surface area (Å²) in [5.41, 5.74) is 0. The monoisotopic (exact) mass is 317 g/mol. The van der Waals surface area contributed by atoms with Gasteiger partial charge in [0, 0.05) is 0 Å². The highest BCUT2D eigenvalue weighted by molar-refractivity contribution is 9.10. The third-order valence-corrected chi connectivity index (χ3v) is 3.19. The van der Waals surface area contributed by atoms with Gasteiger partial charge in [-0.3, -0.25) is 0 Å². The first-order chi connectivity index (χ1) is 8.74. The van der Waals surface area contributed by atoms with Crippen molar-refractivity contribution in [1.82, 2.24) is 5.32 Å². The van der Waals surface area contributed by atoms with E-state index in [1.807, 2.05) is 0 Å². The van der Waals surface area contributed by atoms with Crippen LogP contribution in [0.15, 0.2) is 22.7 Å². The number of benzene rings is 1. The van der Waals surface area contributed by atoms with Crippen LogP contribution in [0, 0.1) is 5.82 Å². The Morgan fingerprint density at radius 1 is 1.22 bits per heavy atom. The molecule has 1 rings (SSSR count). The standard InChI is InChI=1S/C14H21BrFNO/c1-2-8-17-9-4-3-5-10-18-12-6-7-14(16)13(15)11-12/h6-7,11,17H,2-5,8-10H2,1H3. The fraction of sp³-hybridized carbons (Fsp3) is 0.571. The minimum atomic E-state index is -0.260. The van der Waals surface area contributed by atoms with Crippen molar-refractivity contribution in [2.24, 2.45) is 0 Å². The van der Waals surface area contributed by atoms with E-state index in [0.717, 1.165) is 25.9 Å². The lowest BCUT2D eigenvalue weighted by molar-refractivity contribution is 0.304. The molecular formula is C14H21BrFNO. The van der Waals surface area contributed by atoms with Crippen molar-refractivity contribution in [2.45, 2.75) is 32.6 Å². The van der Waals surface area contributed by atoms with Crippen molar-refractivity contribution in [3.63, 3.8) is 0 Å². The molecule has 0 unspecified atom stereocenters. The minimum absolute atomic E-state index is 0.260. The van der Waals surface area contributed by atoms with Gasteiger partial charge in [-0.25, -0.2) is 4.39 Å². The van der Waals surface area contributed by atoms with Gasteiger partial charge in [0.2, 0.25) is 0 Å². The molecule has 0 radical (unpaired) electrons. The maximum Gasteiger partial charge on any atom is 0.137 e. The van der Waals surface area contributed by atoms with E-state index in [-0.39, 0.29) is 5.82 Å². The molecule has 0 aliphatic rings. The van der Waals surface area contributed by atoms with Gasteiger partial charge in [-0.05, 0) is 72.9 Å². The smallest absolute Gasteiger partial charge is 0.137 e. The summed E-state index contributed by atoms with van der Waals surface area (Å²) in [7, 11) is 0. The van der Waals surface area contributed by atoms with Crippen molar-refractivity contribution in [2.75, 3.05) is 19.7 Å². The number of hydrogen-bond acceptors (Lipinski definition) is 2. The Bertz CT molecular complexity index is 347. The zero-order valence-electron chi connectivity index (χ0n) is 10.8. The van der Waals surface area contributed by atoms with E-state index in [2.05, 4.69) is 28.2 Å². The fourth-order valence-corrected chi connectivity index (χ4v) is 1.95. The average Bonchev–Trinajstić information content (AvgIpc) is 2.37. The number of ether oxygens (including phenoxy) is 1. The van der Waals surface area contributed by atoms with Crippen molar-refractivity contribution in [1.29, 1.82) is 0 Å². The summed E-state index contributed by atoms with van der Waals surface area (Å²) in [6.07, 6.45) is 4.54. The molecule has 2 nitrogen and oxygen atoms in total. The molecule has 0 saturated carbocycles. The van der Waals surface area contributed by atoms with E-state index in [1.54, 1.807) is 12.1 Å². The van der Waals surface area contributed by atoms with Crippen LogP contribution in [0.2, 0.25) is 0 Å². The maximum atomic E-state index is 13.0. The number of unbranched alkanes of at least 4 members (excludes halogenated alkanes) is 2. The van der Waals surface area contributed by atoms with Crippen molar-refractivity contribution >= 4 is 15.9 Å². The summed E-state index contributed by atoms with van der Waals surface area (Å²) >= 11 is 3.14. The predicted molar refractivity (Wildman–Crippen MR) is 76.6 cm³/mol. The van der Waals surface area contributed by atoms with Gasteiger partial charge in [-0.2, -0.15) is 0 Å². The lowest BCUT2D eigenvalue weighted by Gasteiger charge is -2.07. The first-order valence-electron chi connectivity index (χ1n) is 6.52. The highest BCUT2D eigenvalue weighted by Gasteiger charge is 2.00. The van der Waals surface area contributed by atoms with Gasteiger partial charge in [-0.15, -0.1) is 0 Å². The summed E-state index contributed by atoms with van der Waals surface area (Å²) in [6.45, 7) is 5.03. The molecule has 0 atom stereocenters. The second kappa shape index (κ2) is 9.34. The Hall–Kier alpha value is -0.610. The molecule has 0 aliphatic carbocycles. The fourth-order valence-electron chi connectivity index (χ4n) is 1.59. The van der Waals surface area contributed by atoms with Gasteiger partial charge in [0.15, 0.2) is 0 Å². The zero-order chi connectivity index (χ0) is 13.2. The minimum Gasteiger partial charge on any atom is -0.494 e. The van der Waals surface area contributed by atoms with Crippen LogP contribution in [-0.4, -0.2) is 19.7 Å². The summed E-state index contributed by atoms with van der Waals surface area (Å²) in [5.74, 6) is 0.455. The largest absolute Gasteiger partial charge is 0.494 e. The van der Waals surface area contributed by atoms with Crippen LogP contribution in [0.25, 0.3) is 0 Å². The molecule has 0 aliphatic heterocycles. The van der Waals surface area contributed by atoms with Crippen LogP contribution in [0.1, 0.15) is 32.6 Å². The zero-order valence-corrected chi connectivity index (χ0v) is 12.4. The highest BCUT2D eigenvalue weighted by atomic mass is 79.9. The number of rotatable bonds is 9. The van der Waals surface area contributed by atoms with Gasteiger partial charge in [0.1, 0.15) is 11.6 Å². The topological polar surface area (TPSA) is 21.3 Å². The van der Waals surface area contributed by atoms with Crippen LogP contribution in [0.4, 0.5) is 4.39 Å². The molecule has 0 aromatic heterocycles. The van der Waals surface area contributed by atoms with E-state index in [0.29, 0.717) is 16.8 Å². The predicted octanol–water partition coefficient (Wildman–Crippen LogP) is 4.14.